The minimum atomic E-state index is -0.0545. The van der Waals surface area contributed by atoms with E-state index < -0.39 is 0 Å². The Morgan fingerprint density at radius 1 is 1.40 bits per heavy atom. The number of aryl methyl sites for hydroxylation is 1. The molecule has 0 bridgehead atoms. The maximum Gasteiger partial charge on any atom is 0.271 e. The summed E-state index contributed by atoms with van der Waals surface area (Å²) in [4.78, 5) is 25.3. The monoisotopic (exact) mass is 287 g/mol. The third kappa shape index (κ3) is 2.27. The third-order valence-electron chi connectivity index (χ3n) is 2.90. The number of aromatic nitrogens is 4. The summed E-state index contributed by atoms with van der Waals surface area (Å²) >= 11 is 1.40. The number of nitrogens with zero attached hydrogens (tertiary/aromatic N) is 4. The van der Waals surface area contributed by atoms with Gasteiger partial charge in [-0.25, -0.2) is 15.0 Å². The highest BCUT2D eigenvalue weighted by Crippen LogP contribution is 2.13. The number of anilines is 1. The Bertz CT molecular complexity index is 823. The van der Waals surface area contributed by atoms with Crippen LogP contribution in [-0.4, -0.2) is 26.6 Å². The van der Waals surface area contributed by atoms with Gasteiger partial charge in [-0.2, -0.15) is 0 Å². The van der Waals surface area contributed by atoms with Gasteiger partial charge in [-0.3, -0.25) is 9.36 Å². The van der Waals surface area contributed by atoms with Crippen molar-refractivity contribution in [3.8, 4) is 0 Å². The molecule has 0 atom stereocenters. The van der Waals surface area contributed by atoms with Gasteiger partial charge in [0.15, 0.2) is 5.82 Å². The van der Waals surface area contributed by atoms with Crippen LogP contribution in [-0.2, 0) is 6.54 Å². The van der Waals surface area contributed by atoms with Crippen LogP contribution in [0.4, 0.5) is 5.82 Å². The zero-order chi connectivity index (χ0) is 14.1. The van der Waals surface area contributed by atoms with Crippen LogP contribution in [0.3, 0.4) is 0 Å². The Morgan fingerprint density at radius 2 is 2.25 bits per heavy atom. The second-order valence-corrected chi connectivity index (χ2v) is 5.29. The molecule has 0 fully saturated rings. The molecule has 0 aliphatic heterocycles. The van der Waals surface area contributed by atoms with Crippen LogP contribution in [0.2, 0.25) is 0 Å². The fourth-order valence-corrected chi connectivity index (χ4v) is 2.77. The van der Waals surface area contributed by atoms with Crippen molar-refractivity contribution < 1.29 is 0 Å². The molecule has 20 heavy (non-hydrogen) atoms. The Balaban J connectivity index is 2.02. The van der Waals surface area contributed by atoms with Gasteiger partial charge in [0.25, 0.3) is 5.56 Å². The van der Waals surface area contributed by atoms with Gasteiger partial charge in [0.05, 0.1) is 18.4 Å². The number of hydrogen-bond acceptors (Lipinski definition) is 6. The molecule has 0 saturated heterocycles. The minimum absolute atomic E-state index is 0.0545. The van der Waals surface area contributed by atoms with Crippen molar-refractivity contribution in [2.45, 2.75) is 13.5 Å². The Morgan fingerprint density at radius 3 is 3.05 bits per heavy atom. The van der Waals surface area contributed by atoms with Crippen molar-refractivity contribution >= 4 is 27.4 Å². The smallest absolute Gasteiger partial charge is 0.271 e. The molecule has 102 valence electrons. The van der Waals surface area contributed by atoms with E-state index in [1.165, 1.54) is 15.9 Å². The van der Waals surface area contributed by atoms with Gasteiger partial charge >= 0.3 is 0 Å². The van der Waals surface area contributed by atoms with E-state index in [2.05, 4.69) is 20.3 Å². The Labute approximate surface area is 119 Å². The van der Waals surface area contributed by atoms with Crippen molar-refractivity contribution in [3.05, 3.63) is 45.7 Å². The molecular weight excluding hydrogens is 274 g/mol. The lowest BCUT2D eigenvalue weighted by Crippen LogP contribution is -2.21. The minimum Gasteiger partial charge on any atom is -0.373 e. The molecule has 1 N–H and O–H groups in total. The average Bonchev–Trinajstić information content (AvgIpc) is 2.90. The van der Waals surface area contributed by atoms with E-state index in [4.69, 9.17) is 0 Å². The van der Waals surface area contributed by atoms with E-state index in [1.807, 2.05) is 24.4 Å². The fraction of sp³-hybridized carbons (Fsp3) is 0.231. The predicted molar refractivity (Wildman–Crippen MR) is 79.3 cm³/mol. The molecule has 3 aromatic heterocycles. The summed E-state index contributed by atoms with van der Waals surface area (Å²) in [5.74, 6) is 1.33. The van der Waals surface area contributed by atoms with Crippen molar-refractivity contribution in [2.75, 3.05) is 12.4 Å². The van der Waals surface area contributed by atoms with Gasteiger partial charge in [0.1, 0.15) is 10.5 Å². The number of nitrogens with one attached hydrogen (secondary N) is 1. The van der Waals surface area contributed by atoms with Gasteiger partial charge in [-0.05, 0) is 18.4 Å². The number of thiophene rings is 1. The average molecular weight is 287 g/mol. The van der Waals surface area contributed by atoms with Crippen molar-refractivity contribution in [3.63, 3.8) is 0 Å². The van der Waals surface area contributed by atoms with E-state index in [9.17, 15) is 4.79 Å². The molecule has 6 nitrogen and oxygen atoms in total. The SMILES string of the molecule is CNc1cc(C)nc(Cn2cnc3ccsc3c2=O)n1. The van der Waals surface area contributed by atoms with Gasteiger partial charge in [0, 0.05) is 18.8 Å². The van der Waals surface area contributed by atoms with Gasteiger partial charge in [0.2, 0.25) is 0 Å². The molecule has 3 heterocycles. The first-order valence-corrected chi connectivity index (χ1v) is 7.00. The van der Waals surface area contributed by atoms with Crippen molar-refractivity contribution in [1.29, 1.82) is 0 Å². The number of hydrogen-bond donors (Lipinski definition) is 1. The highest BCUT2D eigenvalue weighted by atomic mass is 32.1. The fourth-order valence-electron chi connectivity index (χ4n) is 1.97. The summed E-state index contributed by atoms with van der Waals surface area (Å²) in [6, 6.07) is 3.70. The normalized spacial score (nSPS) is 10.9. The van der Waals surface area contributed by atoms with Crippen molar-refractivity contribution in [1.82, 2.24) is 19.5 Å². The summed E-state index contributed by atoms with van der Waals surface area (Å²) < 4.78 is 2.20. The molecule has 3 aromatic rings. The van der Waals surface area contributed by atoms with E-state index in [1.54, 1.807) is 13.4 Å². The highest BCUT2D eigenvalue weighted by molar-refractivity contribution is 7.17. The second-order valence-electron chi connectivity index (χ2n) is 4.37. The zero-order valence-electron chi connectivity index (χ0n) is 11.1. The van der Waals surface area contributed by atoms with E-state index in [0.717, 1.165) is 17.0 Å². The molecule has 0 radical (unpaired) electrons. The number of rotatable bonds is 3. The quantitative estimate of drug-likeness (QED) is 0.793. The van der Waals surface area contributed by atoms with Crippen LogP contribution in [0.25, 0.3) is 10.2 Å². The third-order valence-corrected chi connectivity index (χ3v) is 3.80. The summed E-state index contributed by atoms with van der Waals surface area (Å²) in [6.45, 7) is 2.21. The lowest BCUT2D eigenvalue weighted by molar-refractivity contribution is 0.705. The molecule has 0 aromatic carbocycles. The first-order valence-electron chi connectivity index (χ1n) is 6.12. The Hall–Kier alpha value is -2.28. The van der Waals surface area contributed by atoms with Crippen LogP contribution in [0.15, 0.2) is 28.6 Å². The molecule has 0 saturated carbocycles. The molecule has 0 amide bonds. The second kappa shape index (κ2) is 5.01. The maximum absolute atomic E-state index is 12.3. The van der Waals surface area contributed by atoms with E-state index in [-0.39, 0.29) is 5.56 Å². The highest BCUT2D eigenvalue weighted by Gasteiger charge is 2.08. The lowest BCUT2D eigenvalue weighted by Gasteiger charge is -2.07. The summed E-state index contributed by atoms with van der Waals surface area (Å²) in [5, 5.41) is 4.85. The lowest BCUT2D eigenvalue weighted by atomic mass is 10.4. The molecule has 0 aliphatic rings. The van der Waals surface area contributed by atoms with Crippen LogP contribution in [0.5, 0.6) is 0 Å². The van der Waals surface area contributed by atoms with Gasteiger partial charge < -0.3 is 5.32 Å². The zero-order valence-corrected chi connectivity index (χ0v) is 11.9. The van der Waals surface area contributed by atoms with Crippen LogP contribution >= 0.6 is 11.3 Å². The van der Waals surface area contributed by atoms with Crippen LogP contribution in [0, 0.1) is 6.92 Å². The maximum atomic E-state index is 12.3. The van der Waals surface area contributed by atoms with Gasteiger partial charge in [-0.15, -0.1) is 11.3 Å². The number of fused-ring (bicyclic) bond motifs is 1. The molecule has 0 unspecified atom stereocenters. The van der Waals surface area contributed by atoms with Crippen LogP contribution in [0.1, 0.15) is 11.5 Å². The van der Waals surface area contributed by atoms with Crippen LogP contribution < -0.4 is 10.9 Å². The molecular formula is C13H13N5OS. The van der Waals surface area contributed by atoms with E-state index in [0.29, 0.717) is 17.1 Å². The predicted octanol–water partition coefficient (Wildman–Crippen LogP) is 1.65. The molecule has 0 aliphatic carbocycles. The summed E-state index contributed by atoms with van der Waals surface area (Å²) in [7, 11) is 1.80. The largest absolute Gasteiger partial charge is 0.373 e. The van der Waals surface area contributed by atoms with Gasteiger partial charge in [-0.1, -0.05) is 0 Å². The molecule has 7 heteroatoms. The first kappa shape index (κ1) is 12.7. The molecule has 3 rings (SSSR count). The molecule has 0 spiro atoms. The van der Waals surface area contributed by atoms with Crippen molar-refractivity contribution in [2.24, 2.45) is 0 Å². The van der Waals surface area contributed by atoms with E-state index >= 15 is 0 Å². The first-order chi connectivity index (χ1) is 9.67. The Kier molecular flexibility index (Phi) is 3.19. The standard InChI is InChI=1S/C13H13N5OS/c1-8-5-10(14-2)17-11(16-8)6-18-7-15-9-3-4-20-12(9)13(18)19/h3-5,7H,6H2,1-2H3,(H,14,16,17). The summed E-state index contributed by atoms with van der Waals surface area (Å²) in [6.07, 6.45) is 1.54. The topological polar surface area (TPSA) is 72.7 Å². The summed E-state index contributed by atoms with van der Waals surface area (Å²) in [5.41, 5.74) is 1.54.